The first-order chi connectivity index (χ1) is 8.75. The van der Waals surface area contributed by atoms with E-state index in [1.807, 2.05) is 18.0 Å². The summed E-state index contributed by atoms with van der Waals surface area (Å²) >= 11 is 1.96. The van der Waals surface area contributed by atoms with E-state index in [0.29, 0.717) is 12.1 Å². The third-order valence-electron chi connectivity index (χ3n) is 3.98. The average molecular weight is 263 g/mol. The van der Waals surface area contributed by atoms with Crippen molar-refractivity contribution < 1.29 is 0 Å². The molecule has 0 radical (unpaired) electrons. The Hall–Kier alpha value is -0.740. The first kappa shape index (κ1) is 12.3. The van der Waals surface area contributed by atoms with Gasteiger partial charge in [-0.2, -0.15) is 0 Å². The Kier molecular flexibility index (Phi) is 3.48. The number of piperazine rings is 1. The SMILES string of the molecule is CC(C)N1CCN2c3ncccc3SCCC2C1. The van der Waals surface area contributed by atoms with Crippen LogP contribution in [-0.2, 0) is 0 Å². The minimum atomic E-state index is 0.643. The van der Waals surface area contributed by atoms with Gasteiger partial charge in [0.05, 0.1) is 0 Å². The van der Waals surface area contributed by atoms with E-state index in [9.17, 15) is 0 Å². The van der Waals surface area contributed by atoms with Crippen LogP contribution in [0.5, 0.6) is 0 Å². The molecule has 0 aliphatic carbocycles. The van der Waals surface area contributed by atoms with Crippen molar-refractivity contribution in [3.63, 3.8) is 0 Å². The monoisotopic (exact) mass is 263 g/mol. The van der Waals surface area contributed by atoms with E-state index in [0.717, 1.165) is 13.1 Å². The lowest BCUT2D eigenvalue weighted by atomic mass is 10.1. The lowest BCUT2D eigenvalue weighted by molar-refractivity contribution is 0.178. The van der Waals surface area contributed by atoms with Crippen LogP contribution in [-0.4, -0.2) is 47.4 Å². The van der Waals surface area contributed by atoms with Gasteiger partial charge in [-0.3, -0.25) is 4.90 Å². The summed E-state index contributed by atoms with van der Waals surface area (Å²) in [4.78, 5) is 11.1. The predicted molar refractivity (Wildman–Crippen MR) is 77.4 cm³/mol. The van der Waals surface area contributed by atoms with Crippen LogP contribution < -0.4 is 4.90 Å². The molecule has 0 aromatic carbocycles. The Balaban J connectivity index is 1.86. The standard InChI is InChI=1S/C14H21N3S/c1-11(2)16-7-8-17-12(10-16)5-9-18-13-4-3-6-15-14(13)17/h3-4,6,11-12H,5,7-10H2,1-2H3. The van der Waals surface area contributed by atoms with Crippen LogP contribution in [0.4, 0.5) is 5.82 Å². The number of hydrogen-bond donors (Lipinski definition) is 0. The maximum absolute atomic E-state index is 4.62. The Bertz CT molecular complexity index is 421. The lowest BCUT2D eigenvalue weighted by Crippen LogP contribution is -2.55. The largest absolute Gasteiger partial charge is 0.350 e. The summed E-state index contributed by atoms with van der Waals surface area (Å²) < 4.78 is 0. The van der Waals surface area contributed by atoms with E-state index in [1.54, 1.807) is 0 Å². The summed E-state index contributed by atoms with van der Waals surface area (Å²) in [5, 5.41) is 0. The maximum Gasteiger partial charge on any atom is 0.142 e. The normalized spacial score (nSPS) is 24.6. The molecule has 3 rings (SSSR count). The van der Waals surface area contributed by atoms with Crippen molar-refractivity contribution in [1.82, 2.24) is 9.88 Å². The molecule has 1 saturated heterocycles. The van der Waals surface area contributed by atoms with Gasteiger partial charge in [-0.15, -0.1) is 11.8 Å². The van der Waals surface area contributed by atoms with Gasteiger partial charge in [-0.1, -0.05) is 0 Å². The third kappa shape index (κ3) is 2.24. The Morgan fingerprint density at radius 1 is 1.39 bits per heavy atom. The molecule has 1 unspecified atom stereocenters. The molecular weight excluding hydrogens is 242 g/mol. The fourth-order valence-electron chi connectivity index (χ4n) is 2.89. The van der Waals surface area contributed by atoms with Gasteiger partial charge in [0.1, 0.15) is 5.82 Å². The molecule has 0 amide bonds. The van der Waals surface area contributed by atoms with Crippen molar-refractivity contribution in [2.45, 2.75) is 37.2 Å². The molecule has 18 heavy (non-hydrogen) atoms. The summed E-state index contributed by atoms with van der Waals surface area (Å²) in [6.07, 6.45) is 3.20. The maximum atomic E-state index is 4.62. The van der Waals surface area contributed by atoms with Crippen LogP contribution in [0.25, 0.3) is 0 Å². The summed E-state index contributed by atoms with van der Waals surface area (Å²) in [6.45, 7) is 8.07. The average Bonchev–Trinajstić information content (AvgIpc) is 2.57. The van der Waals surface area contributed by atoms with E-state index in [2.05, 4.69) is 40.8 Å². The van der Waals surface area contributed by atoms with Gasteiger partial charge in [0.25, 0.3) is 0 Å². The van der Waals surface area contributed by atoms with Crippen LogP contribution in [0.2, 0.25) is 0 Å². The molecule has 1 atom stereocenters. The lowest BCUT2D eigenvalue weighted by Gasteiger charge is -2.43. The summed E-state index contributed by atoms with van der Waals surface area (Å²) in [5.41, 5.74) is 0. The molecule has 0 bridgehead atoms. The van der Waals surface area contributed by atoms with Crippen molar-refractivity contribution in [1.29, 1.82) is 0 Å². The van der Waals surface area contributed by atoms with Gasteiger partial charge in [-0.25, -0.2) is 4.98 Å². The second-order valence-corrected chi connectivity index (χ2v) is 6.53. The minimum absolute atomic E-state index is 0.643. The minimum Gasteiger partial charge on any atom is -0.350 e. The zero-order valence-corrected chi connectivity index (χ0v) is 12.0. The molecule has 1 aromatic rings. The number of rotatable bonds is 1. The fourth-order valence-corrected chi connectivity index (χ4v) is 3.97. The number of fused-ring (bicyclic) bond motifs is 3. The van der Waals surface area contributed by atoms with Crippen molar-refractivity contribution >= 4 is 17.6 Å². The van der Waals surface area contributed by atoms with Gasteiger partial charge >= 0.3 is 0 Å². The van der Waals surface area contributed by atoms with Crippen LogP contribution >= 0.6 is 11.8 Å². The van der Waals surface area contributed by atoms with Crippen molar-refractivity contribution in [3.8, 4) is 0 Å². The molecule has 1 fully saturated rings. The van der Waals surface area contributed by atoms with Crippen LogP contribution in [0.1, 0.15) is 20.3 Å². The molecule has 0 saturated carbocycles. The molecule has 1 aromatic heterocycles. The Labute approximate surface area is 114 Å². The predicted octanol–water partition coefficient (Wildman–Crippen LogP) is 2.48. The second kappa shape index (κ2) is 5.10. The zero-order valence-electron chi connectivity index (χ0n) is 11.2. The Morgan fingerprint density at radius 2 is 2.28 bits per heavy atom. The highest BCUT2D eigenvalue weighted by Gasteiger charge is 2.31. The van der Waals surface area contributed by atoms with Crippen LogP contribution in [0, 0.1) is 0 Å². The van der Waals surface area contributed by atoms with Crippen LogP contribution in [0.3, 0.4) is 0 Å². The summed E-state index contributed by atoms with van der Waals surface area (Å²) in [6, 6.07) is 5.57. The molecule has 2 aliphatic heterocycles. The molecule has 0 N–H and O–H groups in total. The molecule has 0 spiro atoms. The highest BCUT2D eigenvalue weighted by Crippen LogP contribution is 2.35. The van der Waals surface area contributed by atoms with Gasteiger partial charge in [0, 0.05) is 48.6 Å². The fraction of sp³-hybridized carbons (Fsp3) is 0.643. The smallest absolute Gasteiger partial charge is 0.142 e. The number of nitrogens with zero attached hydrogens (tertiary/aromatic N) is 3. The summed E-state index contributed by atoms with van der Waals surface area (Å²) in [5.74, 6) is 2.43. The number of aromatic nitrogens is 1. The van der Waals surface area contributed by atoms with E-state index < -0.39 is 0 Å². The number of thioether (sulfide) groups is 1. The summed E-state index contributed by atoms with van der Waals surface area (Å²) in [7, 11) is 0. The van der Waals surface area contributed by atoms with Crippen molar-refractivity contribution in [2.75, 3.05) is 30.3 Å². The van der Waals surface area contributed by atoms with Gasteiger partial charge in [0.15, 0.2) is 0 Å². The zero-order chi connectivity index (χ0) is 12.5. The van der Waals surface area contributed by atoms with Gasteiger partial charge < -0.3 is 4.90 Å². The molecular formula is C14H21N3S. The molecule has 4 heteroatoms. The number of hydrogen-bond acceptors (Lipinski definition) is 4. The Morgan fingerprint density at radius 3 is 3.11 bits per heavy atom. The quantitative estimate of drug-likeness (QED) is 0.775. The highest BCUT2D eigenvalue weighted by atomic mass is 32.2. The van der Waals surface area contributed by atoms with Gasteiger partial charge in [-0.05, 0) is 32.4 Å². The molecule has 2 aliphatic rings. The van der Waals surface area contributed by atoms with Gasteiger partial charge in [0.2, 0.25) is 0 Å². The topological polar surface area (TPSA) is 19.4 Å². The van der Waals surface area contributed by atoms with E-state index in [4.69, 9.17) is 0 Å². The molecule has 3 nitrogen and oxygen atoms in total. The van der Waals surface area contributed by atoms with E-state index >= 15 is 0 Å². The number of pyridine rings is 1. The first-order valence-electron chi connectivity index (χ1n) is 6.84. The molecule has 98 valence electrons. The second-order valence-electron chi connectivity index (χ2n) is 5.40. The van der Waals surface area contributed by atoms with Crippen molar-refractivity contribution in [3.05, 3.63) is 18.3 Å². The highest BCUT2D eigenvalue weighted by molar-refractivity contribution is 7.99. The first-order valence-corrected chi connectivity index (χ1v) is 7.83. The van der Waals surface area contributed by atoms with E-state index in [-0.39, 0.29) is 0 Å². The van der Waals surface area contributed by atoms with Crippen LogP contribution in [0.15, 0.2) is 23.2 Å². The number of anilines is 1. The van der Waals surface area contributed by atoms with E-state index in [1.165, 1.54) is 29.4 Å². The molecule has 3 heterocycles. The van der Waals surface area contributed by atoms with Crippen molar-refractivity contribution in [2.24, 2.45) is 0 Å². The third-order valence-corrected chi connectivity index (χ3v) is 5.05.